The molecule has 0 aliphatic carbocycles. The van der Waals surface area contributed by atoms with Crippen molar-refractivity contribution < 1.29 is 13.9 Å². The summed E-state index contributed by atoms with van der Waals surface area (Å²) in [6, 6.07) is 11.5. The van der Waals surface area contributed by atoms with Crippen LogP contribution in [0.1, 0.15) is 15.9 Å². The van der Waals surface area contributed by atoms with E-state index in [0.29, 0.717) is 11.3 Å². The molecule has 2 nitrogen and oxygen atoms in total. The fourth-order valence-corrected chi connectivity index (χ4v) is 2.62. The molecule has 2 aromatic carbocycles. The Kier molecular flexibility index (Phi) is 4.79. The Bertz CT molecular complexity index is 608. The SMILES string of the molecule is COc1ccc(C(=O)CSc2ccc(F)cc2)c(C)c1. The molecule has 0 heterocycles. The third-order valence-corrected chi connectivity index (χ3v) is 3.93. The quantitative estimate of drug-likeness (QED) is 0.612. The second kappa shape index (κ2) is 6.57. The van der Waals surface area contributed by atoms with Crippen LogP contribution in [-0.2, 0) is 0 Å². The van der Waals surface area contributed by atoms with Gasteiger partial charge in [-0.3, -0.25) is 4.79 Å². The van der Waals surface area contributed by atoms with Crippen molar-refractivity contribution in [2.45, 2.75) is 11.8 Å². The van der Waals surface area contributed by atoms with Gasteiger partial charge in [-0.05, 0) is 55.0 Å². The number of aryl methyl sites for hydroxylation is 1. The van der Waals surface area contributed by atoms with E-state index in [0.717, 1.165) is 16.2 Å². The highest BCUT2D eigenvalue weighted by Gasteiger charge is 2.10. The van der Waals surface area contributed by atoms with Crippen LogP contribution in [0, 0.1) is 12.7 Å². The number of thioether (sulfide) groups is 1. The molecule has 104 valence electrons. The zero-order chi connectivity index (χ0) is 14.5. The summed E-state index contributed by atoms with van der Waals surface area (Å²) in [5, 5.41) is 0. The standard InChI is InChI=1S/C16H15FO2S/c1-11-9-13(19-2)5-8-15(11)16(18)10-20-14-6-3-12(17)4-7-14/h3-9H,10H2,1-2H3. The normalized spacial score (nSPS) is 10.3. The maximum Gasteiger partial charge on any atom is 0.173 e. The number of benzene rings is 2. The zero-order valence-corrected chi connectivity index (χ0v) is 12.2. The summed E-state index contributed by atoms with van der Waals surface area (Å²) in [4.78, 5) is 13.1. The topological polar surface area (TPSA) is 26.3 Å². The van der Waals surface area contributed by atoms with Gasteiger partial charge in [-0.1, -0.05) is 0 Å². The molecular weight excluding hydrogens is 275 g/mol. The smallest absolute Gasteiger partial charge is 0.173 e. The number of carbonyl (C=O) groups excluding carboxylic acids is 1. The molecule has 0 saturated carbocycles. The first-order chi connectivity index (χ1) is 9.60. The third kappa shape index (κ3) is 3.61. The molecule has 0 radical (unpaired) electrons. The van der Waals surface area contributed by atoms with Crippen molar-refractivity contribution in [3.8, 4) is 5.75 Å². The Balaban J connectivity index is 2.03. The van der Waals surface area contributed by atoms with Crippen LogP contribution in [0.25, 0.3) is 0 Å². The minimum Gasteiger partial charge on any atom is -0.497 e. The van der Waals surface area contributed by atoms with Gasteiger partial charge >= 0.3 is 0 Å². The lowest BCUT2D eigenvalue weighted by Crippen LogP contribution is -2.04. The van der Waals surface area contributed by atoms with Gasteiger partial charge < -0.3 is 4.74 Å². The molecule has 2 rings (SSSR count). The van der Waals surface area contributed by atoms with Crippen molar-refractivity contribution in [3.05, 3.63) is 59.4 Å². The summed E-state index contributed by atoms with van der Waals surface area (Å²) in [5.74, 6) is 0.857. The van der Waals surface area contributed by atoms with E-state index in [4.69, 9.17) is 4.74 Å². The molecule has 20 heavy (non-hydrogen) atoms. The van der Waals surface area contributed by atoms with E-state index >= 15 is 0 Å². The molecular formula is C16H15FO2S. The molecule has 0 bridgehead atoms. The van der Waals surface area contributed by atoms with Gasteiger partial charge in [0.2, 0.25) is 0 Å². The fourth-order valence-electron chi connectivity index (χ4n) is 1.83. The number of halogens is 1. The van der Waals surface area contributed by atoms with E-state index in [1.807, 2.05) is 13.0 Å². The minimum absolute atomic E-state index is 0.0551. The highest BCUT2D eigenvalue weighted by Crippen LogP contribution is 2.22. The predicted octanol–water partition coefficient (Wildman–Crippen LogP) is 4.12. The summed E-state index contributed by atoms with van der Waals surface area (Å²) in [6.45, 7) is 1.89. The lowest BCUT2D eigenvalue weighted by atomic mass is 10.1. The molecule has 4 heteroatoms. The first-order valence-electron chi connectivity index (χ1n) is 6.16. The second-order valence-electron chi connectivity index (χ2n) is 4.35. The lowest BCUT2D eigenvalue weighted by molar-refractivity contribution is 0.102. The monoisotopic (exact) mass is 290 g/mol. The summed E-state index contributed by atoms with van der Waals surface area (Å²) in [7, 11) is 1.60. The van der Waals surface area contributed by atoms with Crippen LogP contribution < -0.4 is 4.74 Å². The molecule has 0 fully saturated rings. The van der Waals surface area contributed by atoms with Crippen LogP contribution in [0.4, 0.5) is 4.39 Å². The Hall–Kier alpha value is -1.81. The third-order valence-electron chi connectivity index (χ3n) is 2.92. The molecule has 0 aromatic heterocycles. The molecule has 0 spiro atoms. The number of hydrogen-bond donors (Lipinski definition) is 0. The van der Waals surface area contributed by atoms with E-state index in [9.17, 15) is 9.18 Å². The van der Waals surface area contributed by atoms with E-state index in [2.05, 4.69) is 0 Å². The second-order valence-corrected chi connectivity index (χ2v) is 5.40. The van der Waals surface area contributed by atoms with Gasteiger partial charge in [0.25, 0.3) is 0 Å². The molecule has 2 aromatic rings. The van der Waals surface area contributed by atoms with Crippen LogP contribution in [0.2, 0.25) is 0 Å². The van der Waals surface area contributed by atoms with Crippen molar-refractivity contribution >= 4 is 17.5 Å². The molecule has 0 atom stereocenters. The molecule has 0 aliphatic heterocycles. The largest absolute Gasteiger partial charge is 0.497 e. The maximum atomic E-state index is 12.8. The summed E-state index contributed by atoms with van der Waals surface area (Å²) in [5.41, 5.74) is 1.59. The van der Waals surface area contributed by atoms with Crippen LogP contribution in [0.3, 0.4) is 0 Å². The Morgan fingerprint density at radius 2 is 1.90 bits per heavy atom. The summed E-state index contributed by atoms with van der Waals surface area (Å²) >= 11 is 1.40. The van der Waals surface area contributed by atoms with Gasteiger partial charge in [0.1, 0.15) is 11.6 Å². The Morgan fingerprint density at radius 1 is 1.20 bits per heavy atom. The highest BCUT2D eigenvalue weighted by atomic mass is 32.2. The average Bonchev–Trinajstić information content (AvgIpc) is 2.46. The van der Waals surface area contributed by atoms with Gasteiger partial charge in [0, 0.05) is 10.5 Å². The molecule has 0 saturated heterocycles. The fraction of sp³-hybridized carbons (Fsp3) is 0.188. The summed E-state index contributed by atoms with van der Waals surface area (Å²) < 4.78 is 17.9. The van der Waals surface area contributed by atoms with Crippen LogP contribution >= 0.6 is 11.8 Å². The van der Waals surface area contributed by atoms with Gasteiger partial charge in [0.05, 0.1) is 12.9 Å². The Labute approximate surface area is 122 Å². The van der Waals surface area contributed by atoms with Crippen molar-refractivity contribution in [1.29, 1.82) is 0 Å². The molecule has 0 amide bonds. The number of rotatable bonds is 5. The van der Waals surface area contributed by atoms with E-state index in [1.54, 1.807) is 31.4 Å². The number of methoxy groups -OCH3 is 1. The average molecular weight is 290 g/mol. The maximum absolute atomic E-state index is 12.8. The van der Waals surface area contributed by atoms with Crippen molar-refractivity contribution in [1.82, 2.24) is 0 Å². The van der Waals surface area contributed by atoms with Gasteiger partial charge in [0.15, 0.2) is 5.78 Å². The van der Waals surface area contributed by atoms with E-state index < -0.39 is 0 Å². The van der Waals surface area contributed by atoms with Crippen molar-refractivity contribution in [3.63, 3.8) is 0 Å². The van der Waals surface area contributed by atoms with Gasteiger partial charge in [-0.15, -0.1) is 11.8 Å². The van der Waals surface area contributed by atoms with Crippen LogP contribution in [0.5, 0.6) is 5.75 Å². The number of ether oxygens (including phenoxy) is 1. The van der Waals surface area contributed by atoms with Crippen LogP contribution in [0.15, 0.2) is 47.4 Å². The predicted molar refractivity (Wildman–Crippen MR) is 79.2 cm³/mol. The number of Topliss-reactive ketones (excluding diaryl/α,β-unsaturated/α-hetero) is 1. The minimum atomic E-state index is -0.272. The molecule has 0 aliphatic rings. The lowest BCUT2D eigenvalue weighted by Gasteiger charge is -2.07. The first kappa shape index (κ1) is 14.6. The Morgan fingerprint density at radius 3 is 2.50 bits per heavy atom. The van der Waals surface area contributed by atoms with E-state index in [1.165, 1.54) is 23.9 Å². The number of ketones is 1. The van der Waals surface area contributed by atoms with Crippen molar-refractivity contribution in [2.75, 3.05) is 12.9 Å². The molecule has 0 N–H and O–H groups in total. The van der Waals surface area contributed by atoms with E-state index in [-0.39, 0.29) is 11.6 Å². The number of carbonyl (C=O) groups is 1. The zero-order valence-electron chi connectivity index (χ0n) is 11.4. The first-order valence-corrected chi connectivity index (χ1v) is 7.15. The molecule has 0 unspecified atom stereocenters. The summed E-state index contributed by atoms with van der Waals surface area (Å²) in [6.07, 6.45) is 0. The van der Waals surface area contributed by atoms with Gasteiger partial charge in [-0.2, -0.15) is 0 Å². The van der Waals surface area contributed by atoms with Crippen molar-refractivity contribution in [2.24, 2.45) is 0 Å². The highest BCUT2D eigenvalue weighted by molar-refractivity contribution is 8.00. The van der Waals surface area contributed by atoms with Gasteiger partial charge in [-0.25, -0.2) is 4.39 Å². The number of hydrogen-bond acceptors (Lipinski definition) is 3. The van der Waals surface area contributed by atoms with Crippen LogP contribution in [-0.4, -0.2) is 18.6 Å².